The molecule has 0 amide bonds. The lowest BCUT2D eigenvalue weighted by molar-refractivity contribution is 0.156. The summed E-state index contributed by atoms with van der Waals surface area (Å²) in [6, 6.07) is 7.14. The van der Waals surface area contributed by atoms with E-state index in [4.69, 9.17) is 4.74 Å². The second kappa shape index (κ2) is 8.59. The summed E-state index contributed by atoms with van der Waals surface area (Å²) in [6.45, 7) is 4.54. The smallest absolute Gasteiger partial charge is 0.133 e. The molecule has 1 aromatic rings. The summed E-state index contributed by atoms with van der Waals surface area (Å²) < 4.78 is 6.39. The molecule has 0 bridgehead atoms. The van der Waals surface area contributed by atoms with Gasteiger partial charge in [0.2, 0.25) is 0 Å². The molecule has 0 radical (unpaired) electrons. The van der Waals surface area contributed by atoms with E-state index in [1.165, 1.54) is 18.4 Å². The van der Waals surface area contributed by atoms with Gasteiger partial charge < -0.3 is 10.1 Å². The largest absolute Gasteiger partial charge is 0.496 e. The topological polar surface area (TPSA) is 24.5 Å². The number of benzene rings is 1. The zero-order valence-corrected chi connectivity index (χ0v) is 15.4. The third-order valence-corrected chi connectivity index (χ3v) is 4.75. The molecule has 0 unspecified atom stereocenters. The van der Waals surface area contributed by atoms with Gasteiger partial charge in [-0.15, -0.1) is 24.8 Å². The fourth-order valence-electron chi connectivity index (χ4n) is 3.02. The first kappa shape index (κ1) is 19.0. The highest BCUT2D eigenvalue weighted by Gasteiger charge is 2.36. The van der Waals surface area contributed by atoms with E-state index in [0.717, 1.165) is 42.3 Å². The quantitative estimate of drug-likeness (QED) is 0.838. The van der Waals surface area contributed by atoms with E-state index < -0.39 is 0 Å². The van der Waals surface area contributed by atoms with Crippen molar-refractivity contribution >= 4 is 40.7 Å². The number of ether oxygens (including phenoxy) is 1. The van der Waals surface area contributed by atoms with E-state index in [-0.39, 0.29) is 24.8 Å². The number of nitrogens with zero attached hydrogens (tertiary/aromatic N) is 1. The highest BCUT2D eigenvalue weighted by Crippen LogP contribution is 2.45. The van der Waals surface area contributed by atoms with Gasteiger partial charge in [0.1, 0.15) is 5.75 Å². The van der Waals surface area contributed by atoms with Crippen LogP contribution in [-0.4, -0.2) is 38.2 Å². The maximum Gasteiger partial charge on any atom is 0.133 e. The number of piperazine rings is 1. The van der Waals surface area contributed by atoms with E-state index in [0.29, 0.717) is 6.04 Å². The molecule has 1 aromatic carbocycles. The van der Waals surface area contributed by atoms with Crippen LogP contribution in [0.2, 0.25) is 0 Å². The SMILES string of the molecule is COc1ccc([C@@H](C2CC2)N2CCNCC2)cc1Br.Cl.Cl. The van der Waals surface area contributed by atoms with E-state index in [2.05, 4.69) is 44.3 Å². The first-order valence-corrected chi connectivity index (χ1v) is 7.87. The molecule has 2 fully saturated rings. The Labute approximate surface area is 147 Å². The fraction of sp³-hybridized carbons (Fsp3) is 0.600. The first-order chi connectivity index (χ1) is 9.29. The molecule has 1 aliphatic heterocycles. The van der Waals surface area contributed by atoms with Crippen molar-refractivity contribution in [2.75, 3.05) is 33.3 Å². The Morgan fingerprint density at radius 3 is 2.43 bits per heavy atom. The van der Waals surface area contributed by atoms with Crippen molar-refractivity contribution < 1.29 is 4.74 Å². The number of hydrogen-bond acceptors (Lipinski definition) is 3. The maximum absolute atomic E-state index is 5.33. The molecule has 1 N–H and O–H groups in total. The number of rotatable bonds is 4. The molecule has 1 heterocycles. The normalized spacial score (nSPS) is 20.1. The second-order valence-electron chi connectivity index (χ2n) is 5.46. The Hall–Kier alpha value is -0.000000000000000111. The van der Waals surface area contributed by atoms with E-state index >= 15 is 0 Å². The number of halogens is 3. The molecule has 0 aromatic heterocycles. The molecule has 3 nitrogen and oxygen atoms in total. The summed E-state index contributed by atoms with van der Waals surface area (Å²) in [5, 5.41) is 3.44. The van der Waals surface area contributed by atoms with Crippen molar-refractivity contribution in [3.8, 4) is 5.75 Å². The molecular weight excluding hydrogens is 375 g/mol. The van der Waals surface area contributed by atoms with E-state index in [1.54, 1.807) is 7.11 Å². The monoisotopic (exact) mass is 396 g/mol. The molecule has 1 saturated carbocycles. The molecule has 1 atom stereocenters. The fourth-order valence-corrected chi connectivity index (χ4v) is 3.58. The minimum atomic E-state index is 0. The molecule has 1 saturated heterocycles. The van der Waals surface area contributed by atoms with Gasteiger partial charge >= 0.3 is 0 Å². The third kappa shape index (κ3) is 4.49. The molecule has 21 heavy (non-hydrogen) atoms. The molecule has 6 heteroatoms. The zero-order chi connectivity index (χ0) is 13.2. The van der Waals surface area contributed by atoms with Crippen LogP contribution in [0, 0.1) is 5.92 Å². The van der Waals surface area contributed by atoms with Crippen LogP contribution in [0.4, 0.5) is 0 Å². The summed E-state index contributed by atoms with van der Waals surface area (Å²) in [5.41, 5.74) is 1.43. The highest BCUT2D eigenvalue weighted by atomic mass is 79.9. The van der Waals surface area contributed by atoms with Crippen molar-refractivity contribution in [1.29, 1.82) is 0 Å². The standard InChI is InChI=1S/C15H21BrN2O.2ClH/c1-19-14-5-4-12(10-13(14)16)15(11-2-3-11)18-8-6-17-7-9-18;;/h4-5,10-11,15,17H,2-3,6-9H2,1H3;2*1H/t15-;;/m1../s1. The Balaban J connectivity index is 0.00000110. The van der Waals surface area contributed by atoms with Gasteiger partial charge in [0.25, 0.3) is 0 Å². The van der Waals surface area contributed by atoms with Crippen LogP contribution in [0.5, 0.6) is 5.75 Å². The minimum Gasteiger partial charge on any atom is -0.496 e. The maximum atomic E-state index is 5.33. The van der Waals surface area contributed by atoms with Crippen LogP contribution in [0.1, 0.15) is 24.4 Å². The van der Waals surface area contributed by atoms with Crippen LogP contribution >= 0.6 is 40.7 Å². The minimum absolute atomic E-state index is 0. The number of methoxy groups -OCH3 is 1. The molecule has 2 aliphatic rings. The number of hydrogen-bond donors (Lipinski definition) is 1. The van der Waals surface area contributed by atoms with E-state index in [9.17, 15) is 0 Å². The average molecular weight is 398 g/mol. The van der Waals surface area contributed by atoms with Crippen LogP contribution < -0.4 is 10.1 Å². The highest BCUT2D eigenvalue weighted by molar-refractivity contribution is 9.10. The molecular formula is C15H23BrCl2N2O. The van der Waals surface area contributed by atoms with Gasteiger partial charge in [-0.25, -0.2) is 0 Å². The van der Waals surface area contributed by atoms with E-state index in [1.807, 2.05) is 0 Å². The Morgan fingerprint density at radius 2 is 1.90 bits per heavy atom. The lowest BCUT2D eigenvalue weighted by Gasteiger charge is -2.35. The van der Waals surface area contributed by atoms with Gasteiger partial charge in [-0.3, -0.25) is 4.90 Å². The van der Waals surface area contributed by atoms with Crippen molar-refractivity contribution in [3.05, 3.63) is 28.2 Å². The van der Waals surface area contributed by atoms with Crippen molar-refractivity contribution in [3.63, 3.8) is 0 Å². The predicted molar refractivity (Wildman–Crippen MR) is 95.1 cm³/mol. The van der Waals surface area contributed by atoms with Gasteiger partial charge in [-0.2, -0.15) is 0 Å². The van der Waals surface area contributed by atoms with Crippen molar-refractivity contribution in [2.45, 2.75) is 18.9 Å². The van der Waals surface area contributed by atoms with Gasteiger partial charge in [-0.1, -0.05) is 6.07 Å². The molecule has 120 valence electrons. The average Bonchev–Trinajstić information content (AvgIpc) is 3.25. The van der Waals surface area contributed by atoms with Gasteiger partial charge in [0.15, 0.2) is 0 Å². The van der Waals surface area contributed by atoms with Crippen LogP contribution in [0.25, 0.3) is 0 Å². The van der Waals surface area contributed by atoms with Gasteiger partial charge in [0, 0.05) is 32.2 Å². The lowest BCUT2D eigenvalue weighted by Crippen LogP contribution is -2.45. The van der Waals surface area contributed by atoms with Crippen LogP contribution in [0.15, 0.2) is 22.7 Å². The first-order valence-electron chi connectivity index (χ1n) is 7.08. The summed E-state index contributed by atoms with van der Waals surface area (Å²) in [5.74, 6) is 1.76. The molecule has 0 spiro atoms. The van der Waals surface area contributed by atoms with Gasteiger partial charge in [-0.05, 0) is 52.4 Å². The Bertz CT molecular complexity index is 451. The Kier molecular flexibility index (Phi) is 7.79. The molecule has 3 rings (SSSR count). The predicted octanol–water partition coefficient (Wildman–Crippen LogP) is 3.66. The summed E-state index contributed by atoms with van der Waals surface area (Å²) >= 11 is 3.61. The lowest BCUT2D eigenvalue weighted by atomic mass is 9.99. The Morgan fingerprint density at radius 1 is 1.24 bits per heavy atom. The van der Waals surface area contributed by atoms with Crippen LogP contribution in [-0.2, 0) is 0 Å². The third-order valence-electron chi connectivity index (χ3n) is 4.13. The van der Waals surface area contributed by atoms with Crippen LogP contribution in [0.3, 0.4) is 0 Å². The second-order valence-corrected chi connectivity index (χ2v) is 6.32. The van der Waals surface area contributed by atoms with Crippen molar-refractivity contribution in [2.24, 2.45) is 5.92 Å². The zero-order valence-electron chi connectivity index (χ0n) is 12.2. The summed E-state index contributed by atoms with van der Waals surface area (Å²) in [6.07, 6.45) is 2.75. The number of nitrogens with one attached hydrogen (secondary N) is 1. The van der Waals surface area contributed by atoms with Gasteiger partial charge in [0.05, 0.1) is 11.6 Å². The van der Waals surface area contributed by atoms with Crippen molar-refractivity contribution in [1.82, 2.24) is 10.2 Å². The molecule has 1 aliphatic carbocycles. The summed E-state index contributed by atoms with van der Waals surface area (Å²) in [4.78, 5) is 2.64. The summed E-state index contributed by atoms with van der Waals surface area (Å²) in [7, 11) is 1.72.